The molecule has 0 spiro atoms. The zero-order valence-electron chi connectivity index (χ0n) is 12.3. The van der Waals surface area contributed by atoms with E-state index in [0.717, 1.165) is 53.9 Å². The quantitative estimate of drug-likeness (QED) is 0.785. The van der Waals surface area contributed by atoms with Crippen LogP contribution >= 0.6 is 0 Å². The van der Waals surface area contributed by atoms with Crippen molar-refractivity contribution in [2.75, 3.05) is 7.11 Å². The van der Waals surface area contributed by atoms with Crippen LogP contribution in [0.3, 0.4) is 0 Å². The van der Waals surface area contributed by atoms with Crippen molar-refractivity contribution in [1.82, 2.24) is 20.0 Å². The lowest BCUT2D eigenvalue weighted by Crippen LogP contribution is -2.15. The van der Waals surface area contributed by atoms with Gasteiger partial charge in [-0.3, -0.25) is 9.89 Å². The van der Waals surface area contributed by atoms with Crippen LogP contribution in [0.2, 0.25) is 0 Å². The van der Waals surface area contributed by atoms with Gasteiger partial charge < -0.3 is 4.74 Å². The Morgan fingerprint density at radius 2 is 1.91 bits per heavy atom. The van der Waals surface area contributed by atoms with Gasteiger partial charge in [0.25, 0.3) is 5.56 Å². The van der Waals surface area contributed by atoms with Crippen molar-refractivity contribution in [1.29, 1.82) is 0 Å². The zero-order valence-corrected chi connectivity index (χ0v) is 12.3. The Morgan fingerprint density at radius 3 is 2.68 bits per heavy atom. The Kier molecular flexibility index (Phi) is 2.96. The Labute approximate surface area is 126 Å². The number of aromatic nitrogens is 4. The first kappa shape index (κ1) is 13.1. The number of aromatic amines is 1. The van der Waals surface area contributed by atoms with Crippen LogP contribution in [0.25, 0.3) is 16.7 Å². The molecule has 0 aliphatic heterocycles. The molecular formula is C16H16N4O2. The second-order valence-corrected chi connectivity index (χ2v) is 5.51. The van der Waals surface area contributed by atoms with Crippen molar-refractivity contribution < 1.29 is 4.74 Å². The van der Waals surface area contributed by atoms with E-state index in [4.69, 9.17) is 4.74 Å². The van der Waals surface area contributed by atoms with Gasteiger partial charge in [0.15, 0.2) is 5.52 Å². The third kappa shape index (κ3) is 1.91. The number of aryl methyl sites for hydroxylation is 2. The summed E-state index contributed by atoms with van der Waals surface area (Å²) in [6, 6.07) is 7.34. The number of H-pyrrole nitrogens is 1. The molecule has 0 saturated carbocycles. The molecule has 4 rings (SSSR count). The molecule has 6 nitrogen and oxygen atoms in total. The van der Waals surface area contributed by atoms with Gasteiger partial charge >= 0.3 is 0 Å². The SMILES string of the molecule is COc1ccc(-n2[nH]c3c4c(nnc3c2=O)CCCC4)cc1. The highest BCUT2D eigenvalue weighted by Gasteiger charge is 2.19. The molecule has 22 heavy (non-hydrogen) atoms. The summed E-state index contributed by atoms with van der Waals surface area (Å²) in [5.74, 6) is 0.755. The molecule has 1 aliphatic rings. The largest absolute Gasteiger partial charge is 0.497 e. The first-order valence-corrected chi connectivity index (χ1v) is 7.41. The van der Waals surface area contributed by atoms with Crippen LogP contribution < -0.4 is 10.3 Å². The fourth-order valence-electron chi connectivity index (χ4n) is 3.02. The molecule has 112 valence electrons. The van der Waals surface area contributed by atoms with Crippen molar-refractivity contribution in [2.24, 2.45) is 0 Å². The molecule has 3 aromatic rings. The number of hydrogen-bond donors (Lipinski definition) is 1. The fourth-order valence-corrected chi connectivity index (χ4v) is 3.02. The number of hydrogen-bond acceptors (Lipinski definition) is 4. The van der Waals surface area contributed by atoms with Crippen molar-refractivity contribution in [2.45, 2.75) is 25.7 Å². The number of rotatable bonds is 2. The van der Waals surface area contributed by atoms with E-state index in [0.29, 0.717) is 5.52 Å². The normalized spacial score (nSPS) is 14.0. The number of methoxy groups -OCH3 is 1. The van der Waals surface area contributed by atoms with Crippen molar-refractivity contribution in [3.05, 3.63) is 45.9 Å². The summed E-state index contributed by atoms with van der Waals surface area (Å²) in [7, 11) is 1.62. The summed E-state index contributed by atoms with van der Waals surface area (Å²) in [5.41, 5.74) is 3.99. The van der Waals surface area contributed by atoms with Gasteiger partial charge in [-0.15, -0.1) is 5.10 Å². The van der Waals surface area contributed by atoms with Gasteiger partial charge in [-0.25, -0.2) is 4.68 Å². The molecule has 0 radical (unpaired) electrons. The van der Waals surface area contributed by atoms with Crippen LogP contribution in [0.4, 0.5) is 0 Å². The summed E-state index contributed by atoms with van der Waals surface area (Å²) in [5, 5.41) is 11.6. The van der Waals surface area contributed by atoms with Crippen molar-refractivity contribution in [3.8, 4) is 11.4 Å². The predicted octanol–water partition coefficient (Wildman–Crippen LogP) is 2.00. The van der Waals surface area contributed by atoms with E-state index in [-0.39, 0.29) is 5.56 Å². The fraction of sp³-hybridized carbons (Fsp3) is 0.312. The molecule has 6 heteroatoms. The molecule has 2 aromatic heterocycles. The monoisotopic (exact) mass is 296 g/mol. The van der Waals surface area contributed by atoms with Crippen LogP contribution in [-0.4, -0.2) is 27.1 Å². The van der Waals surface area contributed by atoms with E-state index in [1.165, 1.54) is 4.68 Å². The molecule has 1 aromatic carbocycles. The number of benzene rings is 1. The molecule has 0 atom stereocenters. The summed E-state index contributed by atoms with van der Waals surface area (Å²) in [4.78, 5) is 12.6. The summed E-state index contributed by atoms with van der Waals surface area (Å²) in [6.07, 6.45) is 4.15. The average Bonchev–Trinajstić information content (AvgIpc) is 2.92. The van der Waals surface area contributed by atoms with E-state index in [2.05, 4.69) is 15.3 Å². The summed E-state index contributed by atoms with van der Waals surface area (Å²) < 4.78 is 6.67. The van der Waals surface area contributed by atoms with E-state index >= 15 is 0 Å². The number of nitrogens with zero attached hydrogens (tertiary/aromatic N) is 3. The number of nitrogens with one attached hydrogen (secondary N) is 1. The number of ether oxygens (including phenoxy) is 1. The highest BCUT2D eigenvalue weighted by molar-refractivity contribution is 5.78. The van der Waals surface area contributed by atoms with E-state index in [1.807, 2.05) is 24.3 Å². The van der Waals surface area contributed by atoms with Gasteiger partial charge in [0.2, 0.25) is 0 Å². The third-order valence-corrected chi connectivity index (χ3v) is 4.21. The Morgan fingerprint density at radius 1 is 1.14 bits per heavy atom. The second kappa shape index (κ2) is 4.98. The minimum Gasteiger partial charge on any atom is -0.497 e. The minimum absolute atomic E-state index is 0.166. The lowest BCUT2D eigenvalue weighted by molar-refractivity contribution is 0.414. The molecular weight excluding hydrogens is 280 g/mol. The van der Waals surface area contributed by atoms with E-state index in [9.17, 15) is 4.79 Å². The highest BCUT2D eigenvalue weighted by atomic mass is 16.5. The first-order valence-electron chi connectivity index (χ1n) is 7.41. The lowest BCUT2D eigenvalue weighted by atomic mass is 9.96. The molecule has 2 heterocycles. The Balaban J connectivity index is 1.91. The van der Waals surface area contributed by atoms with Gasteiger partial charge in [0.1, 0.15) is 5.75 Å². The van der Waals surface area contributed by atoms with Gasteiger partial charge in [-0.2, -0.15) is 5.10 Å². The maximum absolute atomic E-state index is 12.6. The number of fused-ring (bicyclic) bond motifs is 3. The maximum Gasteiger partial charge on any atom is 0.299 e. The van der Waals surface area contributed by atoms with Gasteiger partial charge in [-0.1, -0.05) is 0 Å². The standard InChI is InChI=1S/C16H16N4O2/c1-22-11-8-6-10(7-9-11)20-16(21)15-14(19-20)12-4-2-3-5-13(12)17-18-15/h6-9,19H,2-5H2,1H3. The van der Waals surface area contributed by atoms with Gasteiger partial charge in [-0.05, 0) is 49.9 Å². The Bertz CT molecular complexity index is 893. The second-order valence-electron chi connectivity index (χ2n) is 5.51. The molecule has 0 unspecified atom stereocenters. The molecule has 0 amide bonds. The molecule has 0 bridgehead atoms. The lowest BCUT2D eigenvalue weighted by Gasteiger charge is -2.13. The van der Waals surface area contributed by atoms with Crippen LogP contribution in [0.5, 0.6) is 5.75 Å². The topological polar surface area (TPSA) is 72.8 Å². The van der Waals surface area contributed by atoms with Crippen molar-refractivity contribution in [3.63, 3.8) is 0 Å². The van der Waals surface area contributed by atoms with Gasteiger partial charge in [0.05, 0.1) is 24.0 Å². The average molecular weight is 296 g/mol. The van der Waals surface area contributed by atoms with Crippen LogP contribution in [0.15, 0.2) is 29.1 Å². The zero-order chi connectivity index (χ0) is 15.1. The third-order valence-electron chi connectivity index (χ3n) is 4.21. The minimum atomic E-state index is -0.166. The van der Waals surface area contributed by atoms with Crippen LogP contribution in [-0.2, 0) is 12.8 Å². The van der Waals surface area contributed by atoms with Gasteiger partial charge in [0, 0.05) is 5.56 Å². The highest BCUT2D eigenvalue weighted by Crippen LogP contribution is 2.24. The van der Waals surface area contributed by atoms with Crippen LogP contribution in [0.1, 0.15) is 24.1 Å². The molecule has 1 N–H and O–H groups in total. The molecule has 0 saturated heterocycles. The Hall–Kier alpha value is -2.63. The summed E-state index contributed by atoms with van der Waals surface area (Å²) in [6.45, 7) is 0. The van der Waals surface area contributed by atoms with Crippen molar-refractivity contribution >= 4 is 11.0 Å². The van der Waals surface area contributed by atoms with E-state index in [1.54, 1.807) is 7.11 Å². The maximum atomic E-state index is 12.6. The smallest absolute Gasteiger partial charge is 0.299 e. The molecule has 0 fully saturated rings. The van der Waals surface area contributed by atoms with E-state index < -0.39 is 0 Å². The first-order chi connectivity index (χ1) is 10.8. The predicted molar refractivity (Wildman–Crippen MR) is 82.7 cm³/mol. The molecule has 1 aliphatic carbocycles. The van der Waals surface area contributed by atoms with Crippen LogP contribution in [0, 0.1) is 0 Å². The summed E-state index contributed by atoms with van der Waals surface area (Å²) >= 11 is 0.